The van der Waals surface area contributed by atoms with E-state index in [1.807, 2.05) is 13.8 Å². The standard InChI is InChI=1S/C17H27NO3S/c1-5-15-10-16(7-8-17(15)21-6-2)22(19,20)18-11-13(3)9-14(4)12-18/h7-8,10,13-14H,5-6,9,11-12H2,1-4H3/t13-,14+. The third kappa shape index (κ3) is 3.63. The Balaban J connectivity index is 2.33. The number of aryl methyl sites for hydroxylation is 1. The van der Waals surface area contributed by atoms with Gasteiger partial charge in [0.1, 0.15) is 5.75 Å². The number of hydrogen-bond acceptors (Lipinski definition) is 3. The highest BCUT2D eigenvalue weighted by molar-refractivity contribution is 7.89. The minimum atomic E-state index is -3.41. The van der Waals surface area contributed by atoms with Crippen LogP contribution in [0.2, 0.25) is 0 Å². The van der Waals surface area contributed by atoms with Gasteiger partial charge in [0.15, 0.2) is 0 Å². The summed E-state index contributed by atoms with van der Waals surface area (Å²) in [5, 5.41) is 0. The van der Waals surface area contributed by atoms with Crippen molar-refractivity contribution in [1.29, 1.82) is 0 Å². The molecule has 0 N–H and O–H groups in total. The summed E-state index contributed by atoms with van der Waals surface area (Å²) in [4.78, 5) is 0.383. The van der Waals surface area contributed by atoms with Gasteiger partial charge in [-0.25, -0.2) is 8.42 Å². The first kappa shape index (κ1) is 17.3. The fourth-order valence-electron chi connectivity index (χ4n) is 3.24. The number of ether oxygens (including phenoxy) is 1. The van der Waals surface area contributed by atoms with Gasteiger partial charge < -0.3 is 4.74 Å². The highest BCUT2D eigenvalue weighted by Gasteiger charge is 2.31. The van der Waals surface area contributed by atoms with Crippen LogP contribution in [0.25, 0.3) is 0 Å². The number of piperidine rings is 1. The van der Waals surface area contributed by atoms with Crippen LogP contribution in [0.4, 0.5) is 0 Å². The molecule has 1 aromatic carbocycles. The number of nitrogens with zero attached hydrogens (tertiary/aromatic N) is 1. The van der Waals surface area contributed by atoms with Crippen molar-refractivity contribution in [3.63, 3.8) is 0 Å². The lowest BCUT2D eigenvalue weighted by Gasteiger charge is -2.34. The summed E-state index contributed by atoms with van der Waals surface area (Å²) in [5.41, 5.74) is 0.945. The maximum atomic E-state index is 12.9. The predicted octanol–water partition coefficient (Wildman–Crippen LogP) is 3.31. The molecule has 0 bridgehead atoms. The van der Waals surface area contributed by atoms with E-state index >= 15 is 0 Å². The quantitative estimate of drug-likeness (QED) is 0.834. The Morgan fingerprint density at radius 2 is 1.82 bits per heavy atom. The van der Waals surface area contributed by atoms with Crippen LogP contribution in [0.5, 0.6) is 5.75 Å². The average Bonchev–Trinajstić information content (AvgIpc) is 2.46. The molecule has 0 aliphatic carbocycles. The van der Waals surface area contributed by atoms with E-state index in [9.17, 15) is 8.42 Å². The van der Waals surface area contributed by atoms with E-state index in [2.05, 4.69) is 13.8 Å². The summed E-state index contributed by atoms with van der Waals surface area (Å²) in [6.45, 7) is 9.99. The van der Waals surface area contributed by atoms with Gasteiger partial charge in [0, 0.05) is 13.1 Å². The Kier molecular flexibility index (Phi) is 5.50. The molecule has 0 saturated carbocycles. The molecule has 1 aliphatic heterocycles. The van der Waals surface area contributed by atoms with Crippen molar-refractivity contribution < 1.29 is 13.2 Å². The van der Waals surface area contributed by atoms with Crippen molar-refractivity contribution >= 4 is 10.0 Å². The van der Waals surface area contributed by atoms with Gasteiger partial charge in [-0.15, -0.1) is 0 Å². The minimum absolute atomic E-state index is 0.383. The Hall–Kier alpha value is -1.07. The van der Waals surface area contributed by atoms with E-state index in [-0.39, 0.29) is 0 Å². The molecule has 1 aromatic rings. The Morgan fingerprint density at radius 1 is 1.18 bits per heavy atom. The van der Waals surface area contributed by atoms with Gasteiger partial charge in [-0.3, -0.25) is 0 Å². The molecule has 0 aromatic heterocycles. The average molecular weight is 325 g/mol. The van der Waals surface area contributed by atoms with E-state index < -0.39 is 10.0 Å². The maximum absolute atomic E-state index is 12.9. The molecule has 0 unspecified atom stereocenters. The molecule has 22 heavy (non-hydrogen) atoms. The van der Waals surface area contributed by atoms with Crippen molar-refractivity contribution in [3.8, 4) is 5.75 Å². The molecule has 0 spiro atoms. The fraction of sp³-hybridized carbons (Fsp3) is 0.647. The molecule has 2 rings (SSSR count). The highest BCUT2D eigenvalue weighted by atomic mass is 32.2. The fourth-order valence-corrected chi connectivity index (χ4v) is 4.97. The first-order valence-corrected chi connectivity index (χ1v) is 9.58. The molecular formula is C17H27NO3S. The second-order valence-corrected chi connectivity index (χ2v) is 8.26. The summed E-state index contributed by atoms with van der Waals surface area (Å²) < 4.78 is 33.0. The number of benzene rings is 1. The van der Waals surface area contributed by atoms with E-state index in [1.54, 1.807) is 22.5 Å². The van der Waals surface area contributed by atoms with Crippen LogP contribution in [0.1, 0.15) is 39.7 Å². The van der Waals surface area contributed by atoms with Gasteiger partial charge in [-0.1, -0.05) is 20.8 Å². The van der Waals surface area contributed by atoms with Crippen LogP contribution in [0, 0.1) is 11.8 Å². The second kappa shape index (κ2) is 7.01. The Morgan fingerprint density at radius 3 is 2.36 bits per heavy atom. The largest absolute Gasteiger partial charge is 0.494 e. The van der Waals surface area contributed by atoms with Gasteiger partial charge in [0.2, 0.25) is 10.0 Å². The van der Waals surface area contributed by atoms with Gasteiger partial charge in [-0.2, -0.15) is 4.31 Å². The minimum Gasteiger partial charge on any atom is -0.494 e. The zero-order valence-corrected chi connectivity index (χ0v) is 14.8. The predicted molar refractivity (Wildman–Crippen MR) is 88.7 cm³/mol. The summed E-state index contributed by atoms with van der Waals surface area (Å²) in [5.74, 6) is 1.60. The van der Waals surface area contributed by atoms with E-state index in [0.717, 1.165) is 24.2 Å². The molecule has 1 aliphatic rings. The molecule has 4 nitrogen and oxygen atoms in total. The number of sulfonamides is 1. The van der Waals surface area contributed by atoms with Crippen molar-refractivity contribution in [3.05, 3.63) is 23.8 Å². The normalized spacial score (nSPS) is 23.5. The summed E-state index contributed by atoms with van der Waals surface area (Å²) in [6, 6.07) is 5.22. The van der Waals surface area contributed by atoms with Crippen LogP contribution in [0.15, 0.2) is 23.1 Å². The van der Waals surface area contributed by atoms with Crippen LogP contribution in [0.3, 0.4) is 0 Å². The topological polar surface area (TPSA) is 46.6 Å². The summed E-state index contributed by atoms with van der Waals surface area (Å²) in [6.07, 6.45) is 1.85. The second-order valence-electron chi connectivity index (χ2n) is 6.32. The molecular weight excluding hydrogens is 298 g/mol. The van der Waals surface area contributed by atoms with Gasteiger partial charge in [-0.05, 0) is 55.4 Å². The first-order chi connectivity index (χ1) is 10.4. The lowest BCUT2D eigenvalue weighted by molar-refractivity contribution is 0.222. The molecule has 124 valence electrons. The first-order valence-electron chi connectivity index (χ1n) is 8.14. The SMILES string of the molecule is CCOc1ccc(S(=O)(=O)N2C[C@H](C)C[C@H](C)C2)cc1CC. The van der Waals surface area contributed by atoms with Crippen molar-refractivity contribution in [2.24, 2.45) is 11.8 Å². The molecule has 0 amide bonds. The third-order valence-corrected chi connectivity index (χ3v) is 6.01. The van der Waals surface area contributed by atoms with Gasteiger partial charge >= 0.3 is 0 Å². The van der Waals surface area contributed by atoms with Crippen LogP contribution >= 0.6 is 0 Å². The van der Waals surface area contributed by atoms with E-state index in [0.29, 0.717) is 36.4 Å². The zero-order chi connectivity index (χ0) is 16.3. The third-order valence-electron chi connectivity index (χ3n) is 4.19. The molecule has 2 atom stereocenters. The van der Waals surface area contributed by atoms with E-state index in [1.165, 1.54) is 0 Å². The van der Waals surface area contributed by atoms with Crippen LogP contribution < -0.4 is 4.74 Å². The monoisotopic (exact) mass is 325 g/mol. The highest BCUT2D eigenvalue weighted by Crippen LogP contribution is 2.29. The number of hydrogen-bond donors (Lipinski definition) is 0. The van der Waals surface area contributed by atoms with Gasteiger partial charge in [0.25, 0.3) is 0 Å². The van der Waals surface area contributed by atoms with Crippen molar-refractivity contribution in [2.75, 3.05) is 19.7 Å². The molecule has 1 heterocycles. The van der Waals surface area contributed by atoms with Crippen molar-refractivity contribution in [2.45, 2.75) is 45.4 Å². The summed E-state index contributed by atoms with van der Waals surface area (Å²) in [7, 11) is -3.41. The van der Waals surface area contributed by atoms with Crippen molar-refractivity contribution in [1.82, 2.24) is 4.31 Å². The Labute approximate surface area is 134 Å². The lowest BCUT2D eigenvalue weighted by atomic mass is 9.94. The molecule has 1 fully saturated rings. The zero-order valence-electron chi connectivity index (χ0n) is 14.0. The van der Waals surface area contributed by atoms with Crippen LogP contribution in [-0.2, 0) is 16.4 Å². The van der Waals surface area contributed by atoms with E-state index in [4.69, 9.17) is 4.74 Å². The molecule has 1 saturated heterocycles. The van der Waals surface area contributed by atoms with Gasteiger partial charge in [0.05, 0.1) is 11.5 Å². The maximum Gasteiger partial charge on any atom is 0.243 e. The molecule has 5 heteroatoms. The number of rotatable bonds is 5. The smallest absolute Gasteiger partial charge is 0.243 e. The lowest BCUT2D eigenvalue weighted by Crippen LogP contribution is -2.42. The molecule has 0 radical (unpaired) electrons. The summed E-state index contributed by atoms with van der Waals surface area (Å²) >= 11 is 0. The Bertz CT molecular complexity index is 602. The van der Waals surface area contributed by atoms with Crippen LogP contribution in [-0.4, -0.2) is 32.4 Å².